The van der Waals surface area contributed by atoms with E-state index < -0.39 is 30.1 Å². The number of hydrogen-bond acceptors (Lipinski definition) is 6. The second kappa shape index (κ2) is 10.0. The van der Waals surface area contributed by atoms with Crippen LogP contribution in [0.4, 0.5) is 0 Å². The first-order valence-corrected chi connectivity index (χ1v) is 9.22. The van der Waals surface area contributed by atoms with E-state index in [0.717, 1.165) is 6.42 Å². The molecule has 0 saturated carbocycles. The first kappa shape index (κ1) is 20.8. The van der Waals surface area contributed by atoms with Gasteiger partial charge in [0.1, 0.15) is 6.04 Å². The number of epoxide rings is 1. The fraction of sp³-hybridized carbons (Fsp3) is 0.579. The summed E-state index contributed by atoms with van der Waals surface area (Å²) < 4.78 is 9.94. The third kappa shape index (κ3) is 6.63. The van der Waals surface area contributed by atoms with Crippen molar-refractivity contribution in [2.75, 3.05) is 13.2 Å². The molecule has 1 aromatic rings. The predicted molar refractivity (Wildman–Crippen MR) is 97.6 cm³/mol. The van der Waals surface area contributed by atoms with Crippen LogP contribution < -0.4 is 10.6 Å². The molecule has 1 aliphatic heterocycles. The van der Waals surface area contributed by atoms with Gasteiger partial charge in [-0.25, -0.2) is 4.79 Å². The van der Waals surface area contributed by atoms with E-state index in [-0.39, 0.29) is 18.9 Å². The summed E-state index contributed by atoms with van der Waals surface area (Å²) in [4.78, 5) is 40.7. The molecule has 0 unspecified atom stereocenters. The fourth-order valence-electron chi connectivity index (χ4n) is 2.51. The average Bonchev–Trinajstić information content (AvgIpc) is 3.43. The molecule has 27 heavy (non-hydrogen) atoms. The molecular formula is C19H27N3O5. The van der Waals surface area contributed by atoms with E-state index in [4.69, 9.17) is 9.47 Å². The lowest BCUT2D eigenvalue weighted by Crippen LogP contribution is -2.50. The van der Waals surface area contributed by atoms with Crippen molar-refractivity contribution in [3.63, 3.8) is 0 Å². The first-order valence-electron chi connectivity index (χ1n) is 9.22. The maximum Gasteiger partial charge on any atom is 0.338 e. The maximum atomic E-state index is 12.5. The van der Waals surface area contributed by atoms with Crippen LogP contribution in [0.15, 0.2) is 24.4 Å². The zero-order valence-corrected chi connectivity index (χ0v) is 15.9. The third-order valence-corrected chi connectivity index (χ3v) is 4.06. The summed E-state index contributed by atoms with van der Waals surface area (Å²) >= 11 is 0. The van der Waals surface area contributed by atoms with Gasteiger partial charge in [0.2, 0.25) is 5.91 Å². The fourth-order valence-corrected chi connectivity index (χ4v) is 2.51. The lowest BCUT2D eigenvalue weighted by atomic mass is 10.1. The van der Waals surface area contributed by atoms with Crippen LogP contribution in [0.25, 0.3) is 0 Å². The van der Waals surface area contributed by atoms with Crippen LogP contribution in [0.2, 0.25) is 0 Å². The Labute approximate surface area is 159 Å². The van der Waals surface area contributed by atoms with Gasteiger partial charge in [0.05, 0.1) is 6.61 Å². The molecule has 0 aromatic carbocycles. The Morgan fingerprint density at radius 2 is 2.04 bits per heavy atom. The standard InChI is InChI=1S/C19H27N3O5/c1-4-26-19(25)16-15(27-16)18(24)22-14(11-13-7-5-6-9-20-13)17(23)21-10-8-12(2)3/h5-7,9,12,14-16H,4,8,10-11H2,1-3H3,(H,21,23)(H,22,24)/t14-,15-,16-/m0/s1. The molecule has 8 heteroatoms. The van der Waals surface area contributed by atoms with Gasteiger partial charge in [-0.2, -0.15) is 0 Å². The molecular weight excluding hydrogens is 350 g/mol. The first-order chi connectivity index (χ1) is 12.9. The van der Waals surface area contributed by atoms with Gasteiger partial charge >= 0.3 is 5.97 Å². The summed E-state index contributed by atoms with van der Waals surface area (Å²) in [6.07, 6.45) is 0.901. The number of rotatable bonds is 10. The molecule has 148 valence electrons. The van der Waals surface area contributed by atoms with Gasteiger partial charge in [-0.15, -0.1) is 0 Å². The lowest BCUT2D eigenvalue weighted by Gasteiger charge is -2.18. The van der Waals surface area contributed by atoms with E-state index in [0.29, 0.717) is 18.2 Å². The van der Waals surface area contributed by atoms with E-state index in [1.54, 1.807) is 25.3 Å². The quantitative estimate of drug-likeness (QED) is 0.456. The Kier molecular flexibility index (Phi) is 7.72. The van der Waals surface area contributed by atoms with Crippen molar-refractivity contribution in [1.29, 1.82) is 0 Å². The van der Waals surface area contributed by atoms with Gasteiger partial charge in [-0.05, 0) is 31.4 Å². The Morgan fingerprint density at radius 3 is 2.67 bits per heavy atom. The number of amides is 2. The summed E-state index contributed by atoms with van der Waals surface area (Å²) in [6.45, 7) is 6.56. The van der Waals surface area contributed by atoms with E-state index in [9.17, 15) is 14.4 Å². The molecule has 0 radical (unpaired) electrons. The van der Waals surface area contributed by atoms with Crippen molar-refractivity contribution < 1.29 is 23.9 Å². The van der Waals surface area contributed by atoms with Crippen LogP contribution in [-0.2, 0) is 30.3 Å². The molecule has 0 bridgehead atoms. The molecule has 2 N–H and O–H groups in total. The molecule has 1 aliphatic rings. The second-order valence-corrected chi connectivity index (χ2v) is 6.79. The topological polar surface area (TPSA) is 110 Å². The van der Waals surface area contributed by atoms with Gasteiger partial charge in [0.15, 0.2) is 12.2 Å². The molecule has 2 amide bonds. The number of carbonyl (C=O) groups excluding carboxylic acids is 3. The van der Waals surface area contributed by atoms with E-state index in [1.807, 2.05) is 6.07 Å². The summed E-state index contributed by atoms with van der Waals surface area (Å²) in [7, 11) is 0. The second-order valence-electron chi connectivity index (χ2n) is 6.79. The van der Waals surface area contributed by atoms with Crippen molar-refractivity contribution in [3.8, 4) is 0 Å². The molecule has 8 nitrogen and oxygen atoms in total. The van der Waals surface area contributed by atoms with Crippen LogP contribution in [0, 0.1) is 5.92 Å². The molecule has 1 aromatic heterocycles. The van der Waals surface area contributed by atoms with Crippen LogP contribution >= 0.6 is 0 Å². The zero-order valence-electron chi connectivity index (χ0n) is 15.9. The molecule has 3 atom stereocenters. The summed E-state index contributed by atoms with van der Waals surface area (Å²) in [5.74, 6) is -0.907. The lowest BCUT2D eigenvalue weighted by molar-refractivity contribution is -0.144. The largest absolute Gasteiger partial charge is 0.464 e. The van der Waals surface area contributed by atoms with E-state index >= 15 is 0 Å². The van der Waals surface area contributed by atoms with Gasteiger partial charge in [-0.1, -0.05) is 19.9 Å². The number of esters is 1. The number of ether oxygens (including phenoxy) is 2. The molecule has 0 aliphatic carbocycles. The summed E-state index contributed by atoms with van der Waals surface area (Å²) in [6, 6.07) is 4.59. The number of carbonyl (C=O) groups is 3. The van der Waals surface area contributed by atoms with Crippen LogP contribution in [0.5, 0.6) is 0 Å². The predicted octanol–water partition coefficient (Wildman–Crippen LogP) is 0.602. The van der Waals surface area contributed by atoms with Gasteiger partial charge in [0, 0.05) is 24.9 Å². The van der Waals surface area contributed by atoms with Crippen molar-refractivity contribution in [1.82, 2.24) is 15.6 Å². The number of nitrogens with zero attached hydrogens (tertiary/aromatic N) is 1. The Bertz CT molecular complexity index is 650. The van der Waals surface area contributed by atoms with Gasteiger partial charge in [0.25, 0.3) is 5.91 Å². The Balaban J connectivity index is 1.96. The zero-order chi connectivity index (χ0) is 19.8. The highest BCUT2D eigenvalue weighted by molar-refractivity contribution is 5.95. The minimum absolute atomic E-state index is 0.216. The monoisotopic (exact) mass is 377 g/mol. The van der Waals surface area contributed by atoms with Gasteiger partial charge < -0.3 is 20.1 Å². The van der Waals surface area contributed by atoms with Crippen LogP contribution in [0.1, 0.15) is 32.9 Å². The smallest absolute Gasteiger partial charge is 0.338 e. The molecule has 1 saturated heterocycles. The minimum Gasteiger partial charge on any atom is -0.464 e. The van der Waals surface area contributed by atoms with Gasteiger partial charge in [-0.3, -0.25) is 14.6 Å². The van der Waals surface area contributed by atoms with E-state index in [1.165, 1.54) is 0 Å². The number of nitrogens with one attached hydrogen (secondary N) is 2. The Morgan fingerprint density at radius 1 is 1.26 bits per heavy atom. The van der Waals surface area contributed by atoms with Crippen molar-refractivity contribution in [2.45, 2.75) is 51.9 Å². The highest BCUT2D eigenvalue weighted by Gasteiger charge is 2.52. The summed E-state index contributed by atoms with van der Waals surface area (Å²) in [5, 5.41) is 5.51. The molecule has 2 heterocycles. The third-order valence-electron chi connectivity index (χ3n) is 4.06. The molecule has 0 spiro atoms. The highest BCUT2D eigenvalue weighted by Crippen LogP contribution is 2.23. The van der Waals surface area contributed by atoms with Crippen molar-refractivity contribution in [3.05, 3.63) is 30.1 Å². The van der Waals surface area contributed by atoms with Crippen LogP contribution in [-0.4, -0.2) is 54.2 Å². The SMILES string of the molecule is CCOC(=O)[C@H]1O[C@@H]1C(=O)N[C@@H](Cc1ccccn1)C(=O)NCCC(C)C. The average molecular weight is 377 g/mol. The van der Waals surface area contributed by atoms with Crippen molar-refractivity contribution in [2.24, 2.45) is 5.92 Å². The normalized spacial score (nSPS) is 19.3. The number of pyridine rings is 1. The molecule has 2 rings (SSSR count). The Hall–Kier alpha value is -2.48. The van der Waals surface area contributed by atoms with E-state index in [2.05, 4.69) is 29.5 Å². The minimum atomic E-state index is -0.918. The maximum absolute atomic E-state index is 12.5. The van der Waals surface area contributed by atoms with Crippen molar-refractivity contribution >= 4 is 17.8 Å². The summed E-state index contributed by atoms with van der Waals surface area (Å²) in [5.41, 5.74) is 0.681. The molecule has 1 fully saturated rings. The van der Waals surface area contributed by atoms with Crippen LogP contribution in [0.3, 0.4) is 0 Å². The highest BCUT2D eigenvalue weighted by atomic mass is 16.6. The number of aromatic nitrogens is 1. The number of hydrogen-bond donors (Lipinski definition) is 2.